The molecule has 9 heteroatoms. The number of nitrogens with zero attached hydrogens (tertiary/aromatic N) is 3. The molecule has 0 radical (unpaired) electrons. The normalized spacial score (nSPS) is 13.5. The van der Waals surface area contributed by atoms with Crippen molar-refractivity contribution in [3.63, 3.8) is 0 Å². The number of amides is 2. The summed E-state index contributed by atoms with van der Waals surface area (Å²) in [5.41, 5.74) is 0.181. The van der Waals surface area contributed by atoms with Crippen LogP contribution in [0.4, 0.5) is 15.8 Å². The Bertz CT molecular complexity index is 882. The van der Waals surface area contributed by atoms with E-state index in [0.29, 0.717) is 17.1 Å². The van der Waals surface area contributed by atoms with Crippen molar-refractivity contribution in [2.45, 2.75) is 18.4 Å². The highest BCUT2D eigenvalue weighted by molar-refractivity contribution is 8.00. The van der Waals surface area contributed by atoms with E-state index in [4.69, 9.17) is 0 Å². The van der Waals surface area contributed by atoms with Crippen molar-refractivity contribution in [3.05, 3.63) is 46.6 Å². The summed E-state index contributed by atoms with van der Waals surface area (Å²) in [6, 6.07) is 5.29. The van der Waals surface area contributed by atoms with Gasteiger partial charge in [-0.25, -0.2) is 9.07 Å². The number of halogens is 1. The van der Waals surface area contributed by atoms with Gasteiger partial charge in [-0.2, -0.15) is 5.10 Å². The lowest BCUT2D eigenvalue weighted by atomic mass is 10.3. The standard InChI is InChI=1S/C16H15FN4O3S/c1-2-20-14(23)9-25-12-7-18-21(16(24)15(12)20)8-13(22)19-11-5-3-10(17)4-6-11/h3-7H,2,8-9H2,1H3,(H,19,22). The predicted octanol–water partition coefficient (Wildman–Crippen LogP) is 1.48. The van der Waals surface area contributed by atoms with Crippen molar-refractivity contribution in [1.82, 2.24) is 9.78 Å². The Labute approximate surface area is 146 Å². The van der Waals surface area contributed by atoms with E-state index in [9.17, 15) is 18.8 Å². The fourth-order valence-corrected chi connectivity index (χ4v) is 3.37. The summed E-state index contributed by atoms with van der Waals surface area (Å²) >= 11 is 1.26. The fourth-order valence-electron chi connectivity index (χ4n) is 2.48. The van der Waals surface area contributed by atoms with Crippen molar-refractivity contribution < 1.29 is 14.0 Å². The van der Waals surface area contributed by atoms with Gasteiger partial charge in [-0.05, 0) is 31.2 Å². The van der Waals surface area contributed by atoms with E-state index in [-0.39, 0.29) is 23.9 Å². The number of fused-ring (bicyclic) bond motifs is 1. The third kappa shape index (κ3) is 3.55. The molecule has 1 aromatic heterocycles. The molecule has 0 unspecified atom stereocenters. The fraction of sp³-hybridized carbons (Fsp3) is 0.250. The minimum atomic E-state index is -0.492. The molecule has 1 aliphatic heterocycles. The zero-order valence-corrected chi connectivity index (χ0v) is 14.2. The quantitative estimate of drug-likeness (QED) is 0.891. The largest absolute Gasteiger partial charge is 0.324 e. The van der Waals surface area contributed by atoms with E-state index < -0.39 is 17.3 Å². The first-order chi connectivity index (χ1) is 12.0. The molecule has 0 saturated carbocycles. The number of carbonyl (C=O) groups excluding carboxylic acids is 2. The van der Waals surface area contributed by atoms with Crippen molar-refractivity contribution in [2.24, 2.45) is 0 Å². The van der Waals surface area contributed by atoms with Crippen LogP contribution in [0.25, 0.3) is 0 Å². The first-order valence-corrected chi connectivity index (χ1v) is 8.57. The molecule has 2 amide bonds. The number of nitrogens with one attached hydrogen (secondary N) is 1. The Morgan fingerprint density at radius 3 is 2.72 bits per heavy atom. The van der Waals surface area contributed by atoms with Gasteiger partial charge in [0.05, 0.1) is 16.8 Å². The van der Waals surface area contributed by atoms with Gasteiger partial charge < -0.3 is 10.2 Å². The van der Waals surface area contributed by atoms with Gasteiger partial charge >= 0.3 is 0 Å². The molecule has 2 aromatic rings. The third-order valence-electron chi connectivity index (χ3n) is 3.64. The van der Waals surface area contributed by atoms with E-state index in [0.717, 1.165) is 4.68 Å². The van der Waals surface area contributed by atoms with Gasteiger partial charge in [0.15, 0.2) is 0 Å². The summed E-state index contributed by atoms with van der Waals surface area (Å²) in [7, 11) is 0. The molecule has 7 nitrogen and oxygen atoms in total. The number of carbonyl (C=O) groups is 2. The summed E-state index contributed by atoms with van der Waals surface area (Å²) in [5.74, 6) is -0.770. The Balaban J connectivity index is 1.82. The molecule has 130 valence electrons. The minimum Gasteiger partial charge on any atom is -0.324 e. The van der Waals surface area contributed by atoms with Gasteiger partial charge in [-0.1, -0.05) is 0 Å². The second-order valence-electron chi connectivity index (χ2n) is 5.30. The smallest absolute Gasteiger partial charge is 0.292 e. The van der Waals surface area contributed by atoms with Crippen LogP contribution in [0.3, 0.4) is 0 Å². The number of hydrogen-bond donors (Lipinski definition) is 1. The zero-order valence-electron chi connectivity index (χ0n) is 13.4. The molecule has 25 heavy (non-hydrogen) atoms. The Kier molecular flexibility index (Phi) is 4.84. The van der Waals surface area contributed by atoms with Gasteiger partial charge in [0, 0.05) is 12.2 Å². The average molecular weight is 362 g/mol. The Morgan fingerprint density at radius 2 is 2.04 bits per heavy atom. The molecular formula is C16H15FN4O3S. The van der Waals surface area contributed by atoms with Crippen LogP contribution in [0.15, 0.2) is 40.2 Å². The van der Waals surface area contributed by atoms with E-state index in [1.54, 1.807) is 6.92 Å². The number of aromatic nitrogens is 2. The molecule has 0 fully saturated rings. The van der Waals surface area contributed by atoms with E-state index in [2.05, 4.69) is 10.4 Å². The van der Waals surface area contributed by atoms with Crippen molar-refractivity contribution in [1.29, 1.82) is 0 Å². The van der Waals surface area contributed by atoms with Gasteiger partial charge in [0.2, 0.25) is 11.8 Å². The van der Waals surface area contributed by atoms with Crippen LogP contribution >= 0.6 is 11.8 Å². The molecule has 1 N–H and O–H groups in total. The van der Waals surface area contributed by atoms with Crippen molar-refractivity contribution in [2.75, 3.05) is 22.5 Å². The number of hydrogen-bond acceptors (Lipinski definition) is 5. The summed E-state index contributed by atoms with van der Waals surface area (Å²) in [4.78, 5) is 38.7. The molecule has 3 rings (SSSR count). The molecule has 0 saturated heterocycles. The zero-order chi connectivity index (χ0) is 18.0. The molecule has 1 aliphatic rings. The highest BCUT2D eigenvalue weighted by Crippen LogP contribution is 2.31. The monoisotopic (exact) mass is 362 g/mol. The number of benzene rings is 1. The molecule has 1 aromatic carbocycles. The van der Waals surface area contributed by atoms with Crippen LogP contribution in [0, 0.1) is 5.82 Å². The third-order valence-corrected chi connectivity index (χ3v) is 4.65. The van der Waals surface area contributed by atoms with Gasteiger partial charge in [0.1, 0.15) is 18.0 Å². The SMILES string of the molecule is CCN1C(=O)CSc2cnn(CC(=O)Nc3ccc(F)cc3)c(=O)c21. The summed E-state index contributed by atoms with van der Waals surface area (Å²) < 4.78 is 13.9. The maximum atomic E-state index is 12.9. The average Bonchev–Trinajstić information content (AvgIpc) is 2.59. The van der Waals surface area contributed by atoms with Gasteiger partial charge in [-0.3, -0.25) is 14.4 Å². The molecular weight excluding hydrogens is 347 g/mol. The van der Waals surface area contributed by atoms with E-state index in [1.807, 2.05) is 0 Å². The van der Waals surface area contributed by atoms with Crippen LogP contribution in [-0.2, 0) is 16.1 Å². The van der Waals surface area contributed by atoms with Crippen LogP contribution in [-0.4, -0.2) is 33.9 Å². The topological polar surface area (TPSA) is 84.3 Å². The van der Waals surface area contributed by atoms with E-state index in [1.165, 1.54) is 47.1 Å². The van der Waals surface area contributed by atoms with Gasteiger partial charge in [-0.15, -0.1) is 11.8 Å². The van der Waals surface area contributed by atoms with Crippen molar-refractivity contribution >= 4 is 35.0 Å². The molecule has 0 atom stereocenters. The van der Waals surface area contributed by atoms with Crippen LogP contribution < -0.4 is 15.8 Å². The Hall–Kier alpha value is -2.68. The first-order valence-electron chi connectivity index (χ1n) is 7.58. The molecule has 2 heterocycles. The van der Waals surface area contributed by atoms with E-state index >= 15 is 0 Å². The van der Waals surface area contributed by atoms with Gasteiger partial charge in [0.25, 0.3) is 5.56 Å². The lowest BCUT2D eigenvalue weighted by molar-refractivity contribution is -0.117. The Morgan fingerprint density at radius 1 is 1.32 bits per heavy atom. The summed E-state index contributed by atoms with van der Waals surface area (Å²) in [5, 5.41) is 6.57. The second kappa shape index (κ2) is 7.06. The summed E-state index contributed by atoms with van der Waals surface area (Å²) in [6.45, 7) is 1.84. The number of rotatable bonds is 4. The van der Waals surface area contributed by atoms with Crippen LogP contribution in [0.2, 0.25) is 0 Å². The predicted molar refractivity (Wildman–Crippen MR) is 92.3 cm³/mol. The molecule has 0 bridgehead atoms. The lowest BCUT2D eigenvalue weighted by Crippen LogP contribution is -2.42. The van der Waals surface area contributed by atoms with Crippen LogP contribution in [0.1, 0.15) is 6.92 Å². The van der Waals surface area contributed by atoms with Crippen LogP contribution in [0.5, 0.6) is 0 Å². The van der Waals surface area contributed by atoms with Crippen molar-refractivity contribution in [3.8, 4) is 0 Å². The maximum absolute atomic E-state index is 12.9. The first kappa shape index (κ1) is 17.2. The maximum Gasteiger partial charge on any atom is 0.292 e. The number of thioether (sulfide) groups is 1. The second-order valence-corrected chi connectivity index (χ2v) is 6.32. The number of anilines is 2. The summed E-state index contributed by atoms with van der Waals surface area (Å²) in [6.07, 6.45) is 1.49. The lowest BCUT2D eigenvalue weighted by Gasteiger charge is -2.26. The highest BCUT2D eigenvalue weighted by atomic mass is 32.2. The minimum absolute atomic E-state index is 0.148. The molecule has 0 aliphatic carbocycles. The molecule has 0 spiro atoms. The highest BCUT2D eigenvalue weighted by Gasteiger charge is 2.28.